The second kappa shape index (κ2) is 14.8. The summed E-state index contributed by atoms with van der Waals surface area (Å²) in [7, 11) is 0. The highest BCUT2D eigenvalue weighted by atomic mass is 19.4. The van der Waals surface area contributed by atoms with E-state index in [2.05, 4.69) is 73.7 Å². The molecule has 0 bridgehead atoms. The molecule has 0 atom stereocenters. The quantitative estimate of drug-likeness (QED) is 0.159. The number of aryl methyl sites for hydroxylation is 4. The van der Waals surface area contributed by atoms with E-state index in [1.807, 2.05) is 90.6 Å². The summed E-state index contributed by atoms with van der Waals surface area (Å²) in [5.41, 5.74) is 8.49. The van der Waals surface area contributed by atoms with Gasteiger partial charge in [-0.05, 0) is 115 Å². The van der Waals surface area contributed by atoms with Crippen LogP contribution in [-0.2, 0) is 12.4 Å². The smallest absolute Gasteiger partial charge is 0.307 e. The average Bonchev–Trinajstić information content (AvgIpc) is 3.77. The van der Waals surface area contributed by atoms with E-state index in [0.29, 0.717) is 17.4 Å². The summed E-state index contributed by atoms with van der Waals surface area (Å²) in [6.07, 6.45) is -10.2. The molecular weight excluding hydrogens is 817 g/mol. The number of nitrogens with zero attached hydrogens (tertiary/aromatic N) is 3. The molecular formula is C55H37F6N3. The van der Waals surface area contributed by atoms with Crippen molar-refractivity contribution in [3.05, 3.63) is 191 Å². The Balaban J connectivity index is 1.37. The first-order valence-electron chi connectivity index (χ1n) is 20.7. The van der Waals surface area contributed by atoms with Gasteiger partial charge in [0.2, 0.25) is 0 Å². The molecule has 9 heteroatoms. The molecule has 0 aliphatic rings. The molecule has 0 spiro atoms. The third kappa shape index (κ3) is 6.60. The molecule has 0 radical (unpaired) electrons. The highest BCUT2D eigenvalue weighted by Gasteiger charge is 2.39. The molecule has 0 aliphatic heterocycles. The zero-order chi connectivity index (χ0) is 44.8. The van der Waals surface area contributed by atoms with E-state index in [9.17, 15) is 18.4 Å². The van der Waals surface area contributed by atoms with Crippen LogP contribution in [0.25, 0.3) is 88.4 Å². The summed E-state index contributed by atoms with van der Waals surface area (Å²) in [4.78, 5) is 0. The Kier molecular flexibility index (Phi) is 9.35. The van der Waals surface area contributed by atoms with Gasteiger partial charge in [-0.25, -0.2) is 0 Å². The Hall–Kier alpha value is -7.57. The maximum Gasteiger partial charge on any atom is 0.417 e. The van der Waals surface area contributed by atoms with Gasteiger partial charge >= 0.3 is 12.4 Å². The maximum atomic E-state index is 15.0. The molecule has 0 amide bonds. The largest absolute Gasteiger partial charge is 0.417 e. The lowest BCUT2D eigenvalue weighted by atomic mass is 9.92. The summed E-state index contributed by atoms with van der Waals surface area (Å²) >= 11 is 0. The normalized spacial score (nSPS) is 12.2. The SMILES string of the molecule is Cc1ccc(-c2ccc3c4ccccc4n(-c4cc(C#N)c(-c5ccc(C(F)(F)F)cc5C(F)(F)F)cc4-n4c5ccccc5c5ccc(-c6ccc(C)cc6C)cc54)c3c2)c(C)c1. The van der Waals surface area contributed by atoms with Crippen molar-refractivity contribution in [3.8, 4) is 50.8 Å². The first-order valence-corrected chi connectivity index (χ1v) is 20.7. The third-order valence-corrected chi connectivity index (χ3v) is 12.4. The predicted molar refractivity (Wildman–Crippen MR) is 245 cm³/mol. The minimum Gasteiger partial charge on any atom is -0.307 e. The fraction of sp³-hybridized carbons (Fsp3) is 0.109. The third-order valence-electron chi connectivity index (χ3n) is 12.4. The van der Waals surface area contributed by atoms with E-state index in [-0.39, 0.29) is 17.2 Å². The molecule has 0 N–H and O–H groups in total. The van der Waals surface area contributed by atoms with Gasteiger partial charge in [0.05, 0.1) is 56.2 Å². The van der Waals surface area contributed by atoms with Crippen LogP contribution < -0.4 is 0 Å². The first kappa shape index (κ1) is 40.5. The summed E-state index contributed by atoms with van der Waals surface area (Å²) < 4.78 is 91.1. The van der Waals surface area contributed by atoms with Gasteiger partial charge in [0.15, 0.2) is 0 Å². The van der Waals surface area contributed by atoms with E-state index in [4.69, 9.17) is 0 Å². The highest BCUT2D eigenvalue weighted by Crippen LogP contribution is 2.46. The lowest BCUT2D eigenvalue weighted by molar-refractivity contribution is -0.142. The fourth-order valence-electron chi connectivity index (χ4n) is 9.51. The average molecular weight is 854 g/mol. The summed E-state index contributed by atoms with van der Waals surface area (Å²) in [5.74, 6) is 0. The van der Waals surface area contributed by atoms with Gasteiger partial charge in [-0.3, -0.25) is 0 Å². The van der Waals surface area contributed by atoms with Crippen LogP contribution in [0.15, 0.2) is 152 Å². The van der Waals surface area contributed by atoms with Crippen molar-refractivity contribution in [3.63, 3.8) is 0 Å². The Morgan fingerprint density at radius 3 is 1.36 bits per heavy atom. The van der Waals surface area contributed by atoms with Gasteiger partial charge in [0.25, 0.3) is 0 Å². The molecule has 10 rings (SSSR count). The fourth-order valence-corrected chi connectivity index (χ4v) is 9.51. The molecule has 0 unspecified atom stereocenters. The van der Waals surface area contributed by atoms with Gasteiger partial charge in [0, 0.05) is 27.1 Å². The number of benzene rings is 8. The molecule has 0 aliphatic carbocycles. The lowest BCUT2D eigenvalue weighted by Crippen LogP contribution is -2.13. The number of fused-ring (bicyclic) bond motifs is 6. The summed E-state index contributed by atoms with van der Waals surface area (Å²) in [6, 6.07) is 47.3. The molecule has 0 saturated carbocycles. The predicted octanol–water partition coefficient (Wildman–Crippen LogP) is 16.0. The lowest BCUT2D eigenvalue weighted by Gasteiger charge is -2.22. The summed E-state index contributed by atoms with van der Waals surface area (Å²) in [5, 5.41) is 14.5. The van der Waals surface area contributed by atoms with Gasteiger partial charge in [0.1, 0.15) is 0 Å². The Morgan fingerprint density at radius 2 is 0.891 bits per heavy atom. The molecule has 3 nitrogen and oxygen atoms in total. The molecule has 0 saturated heterocycles. The maximum absolute atomic E-state index is 15.0. The molecule has 0 fully saturated rings. The number of halogens is 6. The number of alkyl halides is 6. The van der Waals surface area contributed by atoms with Crippen molar-refractivity contribution in [1.82, 2.24) is 9.13 Å². The van der Waals surface area contributed by atoms with E-state index < -0.39 is 29.0 Å². The van der Waals surface area contributed by atoms with Crippen LogP contribution in [-0.4, -0.2) is 9.13 Å². The van der Waals surface area contributed by atoms with Gasteiger partial charge in [-0.2, -0.15) is 31.6 Å². The second-order valence-corrected chi connectivity index (χ2v) is 16.6. The monoisotopic (exact) mass is 853 g/mol. The highest BCUT2D eigenvalue weighted by molar-refractivity contribution is 6.13. The Bertz CT molecular complexity index is 3600. The standard InChI is InChI=1S/C55H37F6N3/c1-31-13-18-39(33(3)23-31)35-15-20-44-42-9-5-7-11-48(42)63(50(44)25-35)52-27-37(30-62)46(41-22-17-38(54(56,57)58)28-47(41)55(59,60)61)29-53(52)64-49-12-8-6-10-43(49)45-21-16-36(26-51(45)64)40-19-14-32(2)24-34(40)4/h5-29H,1-4H3. The van der Waals surface area contributed by atoms with E-state index >= 15 is 13.2 Å². The first-order chi connectivity index (χ1) is 30.6. The van der Waals surface area contributed by atoms with E-state index in [1.54, 1.807) is 6.07 Å². The van der Waals surface area contributed by atoms with Crippen molar-refractivity contribution in [2.24, 2.45) is 0 Å². The van der Waals surface area contributed by atoms with Crippen molar-refractivity contribution >= 4 is 43.6 Å². The number of aromatic nitrogens is 2. The molecule has 2 heterocycles. The summed E-state index contributed by atoms with van der Waals surface area (Å²) in [6.45, 7) is 8.17. The van der Waals surface area contributed by atoms with Crippen LogP contribution in [0, 0.1) is 39.0 Å². The van der Waals surface area contributed by atoms with Gasteiger partial charge in [-0.1, -0.05) is 114 Å². The molecule has 314 valence electrons. The molecule has 2 aromatic heterocycles. The van der Waals surface area contributed by atoms with Crippen molar-refractivity contribution < 1.29 is 26.3 Å². The topological polar surface area (TPSA) is 33.6 Å². The minimum absolute atomic E-state index is 0.127. The van der Waals surface area contributed by atoms with E-state index in [1.165, 1.54) is 6.07 Å². The van der Waals surface area contributed by atoms with Gasteiger partial charge < -0.3 is 9.13 Å². The zero-order valence-corrected chi connectivity index (χ0v) is 35.0. The minimum atomic E-state index is -5.19. The number of nitriles is 1. The zero-order valence-electron chi connectivity index (χ0n) is 35.0. The van der Waals surface area contributed by atoms with Gasteiger partial charge in [-0.15, -0.1) is 0 Å². The molecule has 64 heavy (non-hydrogen) atoms. The van der Waals surface area contributed by atoms with Crippen LogP contribution in [0.3, 0.4) is 0 Å². The number of hydrogen-bond donors (Lipinski definition) is 0. The Morgan fingerprint density at radius 1 is 0.422 bits per heavy atom. The van der Waals surface area contributed by atoms with Crippen LogP contribution >= 0.6 is 0 Å². The van der Waals surface area contributed by atoms with Crippen molar-refractivity contribution in [2.75, 3.05) is 0 Å². The molecule has 10 aromatic rings. The second-order valence-electron chi connectivity index (χ2n) is 16.6. The van der Waals surface area contributed by atoms with Crippen LogP contribution in [0.1, 0.15) is 38.9 Å². The number of rotatable bonds is 5. The van der Waals surface area contributed by atoms with Crippen LogP contribution in [0.5, 0.6) is 0 Å². The van der Waals surface area contributed by atoms with E-state index in [0.717, 1.165) is 94.2 Å². The Labute approximate surface area is 364 Å². The number of para-hydroxylation sites is 2. The van der Waals surface area contributed by atoms with Crippen LogP contribution in [0.2, 0.25) is 0 Å². The van der Waals surface area contributed by atoms with Crippen LogP contribution in [0.4, 0.5) is 26.3 Å². The van der Waals surface area contributed by atoms with Crippen molar-refractivity contribution in [1.29, 1.82) is 5.26 Å². The van der Waals surface area contributed by atoms with Crippen molar-refractivity contribution in [2.45, 2.75) is 40.0 Å². The molecule has 8 aromatic carbocycles. The number of hydrogen-bond acceptors (Lipinski definition) is 1.